The van der Waals surface area contributed by atoms with Crippen LogP contribution in [0, 0.1) is 0 Å². The van der Waals surface area contributed by atoms with E-state index in [-0.39, 0.29) is 17.0 Å². The van der Waals surface area contributed by atoms with E-state index in [0.717, 1.165) is 13.0 Å². The van der Waals surface area contributed by atoms with Crippen molar-refractivity contribution in [3.8, 4) is 0 Å². The van der Waals surface area contributed by atoms with Crippen LogP contribution in [0.3, 0.4) is 0 Å². The lowest BCUT2D eigenvalue weighted by atomic mass is 10.5. The van der Waals surface area contributed by atoms with Crippen LogP contribution in [0.2, 0.25) is 0 Å². The average Bonchev–Trinajstić information content (AvgIpc) is 1.65. The van der Waals surface area contributed by atoms with Gasteiger partial charge in [-0.25, -0.2) is 0 Å². The molecule has 60 valence electrons. The second-order valence-corrected chi connectivity index (χ2v) is 2.29. The summed E-state index contributed by atoms with van der Waals surface area (Å²) in [6.45, 7) is 2.88. The molecular formula is C6H19BrN2. The highest BCUT2D eigenvalue weighted by molar-refractivity contribution is 4.19. The summed E-state index contributed by atoms with van der Waals surface area (Å²) in [4.78, 5) is 1.42. The molecule has 0 saturated carbocycles. The minimum atomic E-state index is 0. The zero-order valence-electron chi connectivity index (χ0n) is 6.87. The Balaban J connectivity index is -0.0000000720. The highest BCUT2D eigenvalue weighted by atomic mass is 79.9. The van der Waals surface area contributed by atoms with Crippen LogP contribution >= 0.6 is 0 Å². The standard InChI is InChI=1S/2C3H9N.BrH/c1-4(2)3;1-2-3-4;/h1-3H3;2-4H2,1H3;1H. The minimum absolute atomic E-state index is 0. The van der Waals surface area contributed by atoms with Gasteiger partial charge in [0.1, 0.15) is 0 Å². The van der Waals surface area contributed by atoms with Crippen molar-refractivity contribution in [2.45, 2.75) is 13.3 Å². The van der Waals surface area contributed by atoms with Gasteiger partial charge >= 0.3 is 0 Å². The molecule has 9 heavy (non-hydrogen) atoms. The molecule has 0 amide bonds. The second kappa shape index (κ2) is 15.8. The van der Waals surface area contributed by atoms with Gasteiger partial charge in [0.2, 0.25) is 0 Å². The molecular weight excluding hydrogens is 180 g/mol. The molecule has 0 heterocycles. The Morgan fingerprint density at radius 3 is 1.33 bits per heavy atom. The first-order valence-corrected chi connectivity index (χ1v) is 3.12. The van der Waals surface area contributed by atoms with E-state index in [1.807, 2.05) is 0 Å². The van der Waals surface area contributed by atoms with Gasteiger partial charge in [0.25, 0.3) is 0 Å². The van der Waals surface area contributed by atoms with Crippen LogP contribution in [0.25, 0.3) is 0 Å². The maximum Gasteiger partial charge on any atom is 0.0661 e. The zero-order valence-corrected chi connectivity index (χ0v) is 8.46. The summed E-state index contributed by atoms with van der Waals surface area (Å²) in [5.41, 5.74) is 5.03. The van der Waals surface area contributed by atoms with Crippen LogP contribution in [-0.2, 0) is 0 Å². The van der Waals surface area contributed by atoms with Crippen molar-refractivity contribution >= 4 is 0 Å². The third-order valence-corrected chi connectivity index (χ3v) is 0.289. The fraction of sp³-hybridized carbons (Fsp3) is 1.00. The predicted octanol–water partition coefficient (Wildman–Crippen LogP) is -3.88. The van der Waals surface area contributed by atoms with Crippen LogP contribution in [0.5, 0.6) is 0 Å². The molecule has 0 atom stereocenters. The van der Waals surface area contributed by atoms with Gasteiger partial charge in [0, 0.05) is 0 Å². The molecule has 0 unspecified atom stereocenters. The summed E-state index contributed by atoms with van der Waals surface area (Å²) < 4.78 is 0. The van der Waals surface area contributed by atoms with Crippen molar-refractivity contribution in [1.29, 1.82) is 0 Å². The lowest BCUT2D eigenvalue weighted by molar-refractivity contribution is -0.836. The number of hydrogen-bond acceptors (Lipinski definition) is 1. The molecule has 0 aliphatic carbocycles. The Kier molecular flexibility index (Phi) is 28.4. The molecule has 0 aromatic rings. The first-order chi connectivity index (χ1) is 3.65. The summed E-state index contributed by atoms with van der Waals surface area (Å²) >= 11 is 0. The summed E-state index contributed by atoms with van der Waals surface area (Å²) in [7, 11) is 6.25. The summed E-state index contributed by atoms with van der Waals surface area (Å²) in [5, 5.41) is 0. The number of hydrogen-bond donors (Lipinski definition) is 2. The molecule has 0 radical (unpaired) electrons. The van der Waals surface area contributed by atoms with Crippen LogP contribution in [0.4, 0.5) is 0 Å². The van der Waals surface area contributed by atoms with E-state index in [1.165, 1.54) is 4.90 Å². The molecule has 3 N–H and O–H groups in total. The monoisotopic (exact) mass is 198 g/mol. The van der Waals surface area contributed by atoms with Crippen molar-refractivity contribution in [2.75, 3.05) is 27.7 Å². The van der Waals surface area contributed by atoms with Gasteiger partial charge in [-0.1, -0.05) is 6.92 Å². The molecule has 3 heteroatoms. The van der Waals surface area contributed by atoms with Gasteiger partial charge in [-0.05, 0) is 13.0 Å². The van der Waals surface area contributed by atoms with Crippen LogP contribution < -0.4 is 27.6 Å². The molecule has 0 aromatic carbocycles. The van der Waals surface area contributed by atoms with Gasteiger partial charge in [-0.15, -0.1) is 0 Å². The zero-order chi connectivity index (χ0) is 6.99. The summed E-state index contributed by atoms with van der Waals surface area (Å²) in [6.07, 6.45) is 1.10. The minimum Gasteiger partial charge on any atom is -1.00 e. The van der Waals surface area contributed by atoms with Gasteiger partial charge in [0.15, 0.2) is 0 Å². The van der Waals surface area contributed by atoms with E-state index in [1.54, 1.807) is 0 Å². The van der Waals surface area contributed by atoms with Gasteiger partial charge in [-0.3, -0.25) is 0 Å². The highest BCUT2D eigenvalue weighted by Crippen LogP contribution is 1.57. The van der Waals surface area contributed by atoms with E-state index in [4.69, 9.17) is 5.73 Å². The normalized spacial score (nSPS) is 7.33. The molecule has 0 aliphatic heterocycles. The number of halogens is 1. The Bertz CT molecular complexity index is 27.5. The quantitative estimate of drug-likeness (QED) is 0.444. The molecule has 0 bridgehead atoms. The van der Waals surface area contributed by atoms with Crippen LogP contribution in [0.1, 0.15) is 13.3 Å². The maximum absolute atomic E-state index is 5.03. The predicted molar refractivity (Wildman–Crippen MR) is 38.1 cm³/mol. The molecule has 0 saturated heterocycles. The van der Waals surface area contributed by atoms with Gasteiger partial charge < -0.3 is 27.6 Å². The molecule has 0 rings (SSSR count). The van der Waals surface area contributed by atoms with E-state index in [0.29, 0.717) is 0 Å². The number of nitrogens with two attached hydrogens (primary N) is 1. The third kappa shape index (κ3) is 176. The maximum atomic E-state index is 5.03. The molecule has 0 aliphatic rings. The largest absolute Gasteiger partial charge is 1.00 e. The Hall–Kier alpha value is 0.400. The first-order valence-electron chi connectivity index (χ1n) is 3.12. The van der Waals surface area contributed by atoms with Crippen molar-refractivity contribution in [1.82, 2.24) is 0 Å². The van der Waals surface area contributed by atoms with Crippen molar-refractivity contribution in [3.63, 3.8) is 0 Å². The first kappa shape index (κ1) is 16.2. The fourth-order valence-electron chi connectivity index (χ4n) is 0. The molecule has 0 fully saturated rings. The Labute approximate surface area is 69.2 Å². The van der Waals surface area contributed by atoms with Crippen LogP contribution in [0.15, 0.2) is 0 Å². The van der Waals surface area contributed by atoms with Crippen molar-refractivity contribution in [2.24, 2.45) is 5.73 Å². The number of quaternary nitrogens is 1. The van der Waals surface area contributed by atoms with Crippen molar-refractivity contribution in [3.05, 3.63) is 0 Å². The topological polar surface area (TPSA) is 30.5 Å². The van der Waals surface area contributed by atoms with E-state index >= 15 is 0 Å². The van der Waals surface area contributed by atoms with Crippen LogP contribution in [-0.4, -0.2) is 27.7 Å². The number of nitrogens with one attached hydrogen (secondary N) is 1. The summed E-state index contributed by atoms with van der Waals surface area (Å²) in [5.74, 6) is 0. The van der Waals surface area contributed by atoms with E-state index in [9.17, 15) is 0 Å². The average molecular weight is 199 g/mol. The summed E-state index contributed by atoms with van der Waals surface area (Å²) in [6, 6.07) is 0. The molecule has 0 aromatic heterocycles. The van der Waals surface area contributed by atoms with Crippen molar-refractivity contribution < 1.29 is 21.9 Å². The highest BCUT2D eigenvalue weighted by Gasteiger charge is 1.61. The molecule has 2 nitrogen and oxygen atoms in total. The number of rotatable bonds is 1. The van der Waals surface area contributed by atoms with E-state index in [2.05, 4.69) is 28.1 Å². The van der Waals surface area contributed by atoms with Gasteiger partial charge in [0.05, 0.1) is 21.1 Å². The fourth-order valence-corrected chi connectivity index (χ4v) is 0. The van der Waals surface area contributed by atoms with Gasteiger partial charge in [-0.2, -0.15) is 0 Å². The lowest BCUT2D eigenvalue weighted by Crippen LogP contribution is -3.02. The Morgan fingerprint density at radius 2 is 1.33 bits per heavy atom. The Morgan fingerprint density at radius 1 is 1.22 bits per heavy atom. The SMILES string of the molecule is CCCN.C[NH+](C)C.[Br-]. The third-order valence-electron chi connectivity index (χ3n) is 0.289. The van der Waals surface area contributed by atoms with E-state index < -0.39 is 0 Å². The molecule has 0 spiro atoms. The second-order valence-electron chi connectivity index (χ2n) is 2.29. The smallest absolute Gasteiger partial charge is 0.0661 e. The lowest BCUT2D eigenvalue weighted by Gasteiger charge is -1.88.